The summed E-state index contributed by atoms with van der Waals surface area (Å²) in [4.78, 5) is 31.5. The van der Waals surface area contributed by atoms with Gasteiger partial charge in [-0.05, 0) is 49.4 Å². The zero-order chi connectivity index (χ0) is 20.8. The molecule has 0 bridgehead atoms. The van der Waals surface area contributed by atoms with E-state index >= 15 is 0 Å². The van der Waals surface area contributed by atoms with Crippen molar-refractivity contribution in [1.29, 1.82) is 0 Å². The maximum atomic E-state index is 12.2. The molecule has 1 aliphatic heterocycles. The summed E-state index contributed by atoms with van der Waals surface area (Å²) in [5.41, 5.74) is 2.42. The van der Waals surface area contributed by atoms with E-state index in [9.17, 15) is 9.59 Å². The Labute approximate surface area is 171 Å². The van der Waals surface area contributed by atoms with E-state index in [0.717, 1.165) is 49.4 Å². The van der Waals surface area contributed by atoms with Gasteiger partial charge < -0.3 is 20.2 Å². The summed E-state index contributed by atoms with van der Waals surface area (Å²) in [7, 11) is 3.49. The van der Waals surface area contributed by atoms with Crippen molar-refractivity contribution in [3.63, 3.8) is 0 Å². The van der Waals surface area contributed by atoms with Gasteiger partial charge in [0.1, 0.15) is 5.82 Å². The molecule has 7 heteroatoms. The number of carboxylic acid groups (broad SMARTS) is 1. The Morgan fingerprint density at radius 3 is 2.59 bits per heavy atom. The monoisotopic (exact) mass is 396 g/mol. The first-order valence-corrected chi connectivity index (χ1v) is 9.95. The van der Waals surface area contributed by atoms with Crippen LogP contribution in [0.15, 0.2) is 42.5 Å². The number of aromatic nitrogens is 1. The summed E-state index contributed by atoms with van der Waals surface area (Å²) in [6, 6.07) is 13.5. The predicted octanol–water partition coefficient (Wildman–Crippen LogP) is 3.32. The zero-order valence-corrected chi connectivity index (χ0v) is 17.0. The summed E-state index contributed by atoms with van der Waals surface area (Å²) in [5.74, 6) is 1.45. The molecule has 1 aliphatic rings. The Morgan fingerprint density at radius 2 is 1.90 bits per heavy atom. The molecule has 29 heavy (non-hydrogen) atoms. The molecule has 0 aliphatic carbocycles. The number of hydrogen-bond acceptors (Lipinski definition) is 4. The van der Waals surface area contributed by atoms with Crippen LogP contribution >= 0.6 is 0 Å². The number of piperidine rings is 1. The quantitative estimate of drug-likeness (QED) is 0.782. The number of hydrogen-bond donors (Lipinski definition) is 2. The van der Waals surface area contributed by atoms with Gasteiger partial charge in [0.2, 0.25) is 0 Å². The number of nitrogens with zero attached hydrogens (tertiary/aromatic N) is 3. The molecule has 154 valence electrons. The van der Waals surface area contributed by atoms with E-state index in [1.54, 1.807) is 19.0 Å². The number of carbonyl (C=O) groups is 2. The second-order valence-electron chi connectivity index (χ2n) is 7.61. The number of anilines is 1. The van der Waals surface area contributed by atoms with Crippen LogP contribution in [-0.4, -0.2) is 60.7 Å². The van der Waals surface area contributed by atoms with Crippen molar-refractivity contribution in [3.8, 4) is 11.3 Å². The van der Waals surface area contributed by atoms with Gasteiger partial charge >= 0.3 is 6.09 Å². The molecule has 2 amide bonds. The first-order chi connectivity index (χ1) is 13.9. The highest BCUT2D eigenvalue weighted by atomic mass is 16.4. The van der Waals surface area contributed by atoms with Crippen molar-refractivity contribution in [2.24, 2.45) is 5.92 Å². The minimum absolute atomic E-state index is 0.0255. The summed E-state index contributed by atoms with van der Waals surface area (Å²) in [6.45, 7) is 2.33. The van der Waals surface area contributed by atoms with E-state index in [-0.39, 0.29) is 5.91 Å². The van der Waals surface area contributed by atoms with Crippen molar-refractivity contribution in [2.45, 2.75) is 19.3 Å². The van der Waals surface area contributed by atoms with Gasteiger partial charge in [-0.2, -0.15) is 0 Å². The number of nitrogens with one attached hydrogen (secondary N) is 1. The first kappa shape index (κ1) is 20.6. The standard InChI is InChI=1S/C22H28N4O3/c1-25(2)21(27)18-6-3-5-17(15-18)19-7-4-8-20(24-19)26-13-10-16(11-14-26)9-12-23-22(28)29/h3-8,15-16,23H,9-14H2,1-2H3,(H,28,29). The fourth-order valence-electron chi connectivity index (χ4n) is 3.66. The van der Waals surface area contributed by atoms with Crippen LogP contribution in [0.25, 0.3) is 11.3 Å². The van der Waals surface area contributed by atoms with E-state index in [1.165, 1.54) is 0 Å². The molecule has 1 aromatic carbocycles. The van der Waals surface area contributed by atoms with Crippen LogP contribution < -0.4 is 10.2 Å². The van der Waals surface area contributed by atoms with Crippen LogP contribution in [0.4, 0.5) is 10.6 Å². The van der Waals surface area contributed by atoms with Gasteiger partial charge in [-0.15, -0.1) is 0 Å². The largest absolute Gasteiger partial charge is 0.465 e. The molecule has 1 aromatic heterocycles. The van der Waals surface area contributed by atoms with Crippen molar-refractivity contribution in [1.82, 2.24) is 15.2 Å². The zero-order valence-electron chi connectivity index (χ0n) is 17.0. The van der Waals surface area contributed by atoms with Crippen molar-refractivity contribution < 1.29 is 14.7 Å². The van der Waals surface area contributed by atoms with Crippen LogP contribution in [0.3, 0.4) is 0 Å². The minimum Gasteiger partial charge on any atom is -0.465 e. The highest BCUT2D eigenvalue weighted by Gasteiger charge is 2.20. The summed E-state index contributed by atoms with van der Waals surface area (Å²) >= 11 is 0. The molecule has 2 heterocycles. The second-order valence-corrected chi connectivity index (χ2v) is 7.61. The molecule has 7 nitrogen and oxygen atoms in total. The summed E-state index contributed by atoms with van der Waals surface area (Å²) in [5, 5.41) is 11.1. The van der Waals surface area contributed by atoms with Crippen LogP contribution in [0.2, 0.25) is 0 Å². The Balaban J connectivity index is 1.66. The normalized spacial score (nSPS) is 14.5. The number of pyridine rings is 1. The van der Waals surface area contributed by atoms with Gasteiger partial charge in [0.15, 0.2) is 0 Å². The fraction of sp³-hybridized carbons (Fsp3) is 0.409. The summed E-state index contributed by atoms with van der Waals surface area (Å²) in [6.07, 6.45) is 1.97. The average molecular weight is 396 g/mol. The van der Waals surface area contributed by atoms with Gasteiger partial charge in [-0.25, -0.2) is 9.78 Å². The Hall–Kier alpha value is -3.09. The van der Waals surface area contributed by atoms with Gasteiger partial charge in [-0.3, -0.25) is 4.79 Å². The predicted molar refractivity (Wildman–Crippen MR) is 113 cm³/mol. The third-order valence-electron chi connectivity index (χ3n) is 5.31. The Morgan fingerprint density at radius 1 is 1.17 bits per heavy atom. The molecule has 2 aromatic rings. The fourth-order valence-corrected chi connectivity index (χ4v) is 3.66. The molecule has 2 N–H and O–H groups in total. The lowest BCUT2D eigenvalue weighted by atomic mass is 9.93. The molecule has 0 unspecified atom stereocenters. The Kier molecular flexibility index (Phi) is 6.69. The van der Waals surface area contributed by atoms with E-state index in [1.807, 2.05) is 42.5 Å². The highest BCUT2D eigenvalue weighted by Crippen LogP contribution is 2.26. The molecule has 0 radical (unpaired) electrons. The molecular weight excluding hydrogens is 368 g/mol. The van der Waals surface area contributed by atoms with E-state index in [2.05, 4.69) is 10.2 Å². The van der Waals surface area contributed by atoms with Crippen molar-refractivity contribution in [3.05, 3.63) is 48.0 Å². The smallest absolute Gasteiger partial charge is 0.404 e. The van der Waals surface area contributed by atoms with Crippen molar-refractivity contribution in [2.75, 3.05) is 38.6 Å². The molecule has 0 spiro atoms. The van der Waals surface area contributed by atoms with Crippen LogP contribution in [-0.2, 0) is 0 Å². The van der Waals surface area contributed by atoms with Crippen molar-refractivity contribution >= 4 is 17.8 Å². The maximum Gasteiger partial charge on any atom is 0.404 e. The number of benzene rings is 1. The molecular formula is C22H28N4O3. The maximum absolute atomic E-state index is 12.2. The van der Waals surface area contributed by atoms with Gasteiger partial charge in [0.25, 0.3) is 5.91 Å². The molecule has 1 fully saturated rings. The van der Waals surface area contributed by atoms with Crippen LogP contribution in [0.1, 0.15) is 29.6 Å². The lowest BCUT2D eigenvalue weighted by molar-refractivity contribution is 0.0827. The van der Waals surface area contributed by atoms with Gasteiger partial charge in [0, 0.05) is 44.9 Å². The highest BCUT2D eigenvalue weighted by molar-refractivity contribution is 5.95. The lowest BCUT2D eigenvalue weighted by Gasteiger charge is -2.33. The number of rotatable bonds is 6. The van der Waals surface area contributed by atoms with E-state index in [0.29, 0.717) is 18.0 Å². The first-order valence-electron chi connectivity index (χ1n) is 9.95. The minimum atomic E-state index is -0.959. The van der Waals surface area contributed by atoms with E-state index < -0.39 is 6.09 Å². The van der Waals surface area contributed by atoms with Gasteiger partial charge in [-0.1, -0.05) is 18.2 Å². The Bertz CT molecular complexity index is 861. The summed E-state index contributed by atoms with van der Waals surface area (Å²) < 4.78 is 0. The van der Waals surface area contributed by atoms with Crippen LogP contribution in [0, 0.1) is 5.92 Å². The van der Waals surface area contributed by atoms with E-state index in [4.69, 9.17) is 10.1 Å². The number of amides is 2. The number of carbonyl (C=O) groups excluding carboxylic acids is 1. The molecule has 0 atom stereocenters. The third kappa shape index (κ3) is 5.47. The lowest BCUT2D eigenvalue weighted by Crippen LogP contribution is -2.35. The van der Waals surface area contributed by atoms with Gasteiger partial charge in [0.05, 0.1) is 5.69 Å². The van der Waals surface area contributed by atoms with Crippen LogP contribution in [0.5, 0.6) is 0 Å². The topological polar surface area (TPSA) is 85.8 Å². The molecule has 1 saturated heterocycles. The molecule has 0 saturated carbocycles. The second kappa shape index (κ2) is 9.41. The SMILES string of the molecule is CN(C)C(=O)c1cccc(-c2cccc(N3CCC(CCNC(=O)O)CC3)n2)c1. The average Bonchev–Trinajstić information content (AvgIpc) is 2.73. The third-order valence-corrected chi connectivity index (χ3v) is 5.31. The molecule has 3 rings (SSSR count).